The molecule has 3 aromatic heterocycles. The Morgan fingerprint density at radius 1 is 1.16 bits per heavy atom. The van der Waals surface area contributed by atoms with Gasteiger partial charge in [0.05, 0.1) is 32.7 Å². The van der Waals surface area contributed by atoms with Crippen molar-refractivity contribution in [3.63, 3.8) is 0 Å². The second-order valence-electron chi connectivity index (χ2n) is 6.55. The van der Waals surface area contributed by atoms with Gasteiger partial charge < -0.3 is 10.6 Å². The molecule has 0 atom stereocenters. The van der Waals surface area contributed by atoms with E-state index in [0.29, 0.717) is 16.4 Å². The van der Waals surface area contributed by atoms with Gasteiger partial charge in [0.25, 0.3) is 5.56 Å². The molecule has 0 aliphatic rings. The number of nitrogens with one attached hydrogen (secondary N) is 2. The van der Waals surface area contributed by atoms with Crippen LogP contribution in [-0.2, 0) is 6.54 Å². The lowest BCUT2D eigenvalue weighted by atomic mass is 10.3. The van der Waals surface area contributed by atoms with E-state index in [1.165, 1.54) is 10.7 Å². The van der Waals surface area contributed by atoms with Gasteiger partial charge in [0, 0.05) is 12.6 Å². The van der Waals surface area contributed by atoms with Gasteiger partial charge in [0.15, 0.2) is 0 Å². The summed E-state index contributed by atoms with van der Waals surface area (Å²) in [6.07, 6.45) is 0. The summed E-state index contributed by atoms with van der Waals surface area (Å²) < 4.78 is 1.34. The van der Waals surface area contributed by atoms with Gasteiger partial charge in [-0.15, -0.1) is 22.7 Å². The van der Waals surface area contributed by atoms with Gasteiger partial charge >= 0.3 is 6.03 Å². The highest BCUT2D eigenvalue weighted by Gasteiger charge is 2.14. The fourth-order valence-corrected chi connectivity index (χ4v) is 4.89. The number of halogens is 1. The molecular weight excluding hydrogens is 454 g/mol. The zero-order valence-corrected chi connectivity index (χ0v) is 18.9. The first kappa shape index (κ1) is 21.2. The van der Waals surface area contributed by atoms with Crippen molar-refractivity contribution in [2.45, 2.75) is 13.5 Å². The molecule has 0 unspecified atom stereocenters. The third kappa shape index (κ3) is 5.01. The molecule has 0 radical (unpaired) electrons. The predicted molar refractivity (Wildman–Crippen MR) is 126 cm³/mol. The van der Waals surface area contributed by atoms with Crippen LogP contribution in [0.2, 0.25) is 5.02 Å². The Morgan fingerprint density at radius 3 is 2.77 bits per heavy atom. The Morgan fingerprint density at radius 2 is 2.00 bits per heavy atom. The summed E-state index contributed by atoms with van der Waals surface area (Å²) in [5, 5.41) is 13.3. The minimum absolute atomic E-state index is 0.231. The van der Waals surface area contributed by atoms with Crippen LogP contribution in [0.15, 0.2) is 58.7 Å². The van der Waals surface area contributed by atoms with Crippen LogP contribution in [0, 0.1) is 6.92 Å². The van der Waals surface area contributed by atoms with Crippen LogP contribution in [0.4, 0.5) is 10.5 Å². The van der Waals surface area contributed by atoms with Crippen molar-refractivity contribution < 1.29 is 4.79 Å². The van der Waals surface area contributed by atoms with E-state index in [1.807, 2.05) is 24.4 Å². The first-order chi connectivity index (χ1) is 15.0. The van der Waals surface area contributed by atoms with Crippen LogP contribution in [0.25, 0.3) is 20.5 Å². The fraction of sp³-hybridized carbons (Fsp3) is 0.143. The fourth-order valence-electron chi connectivity index (χ4n) is 2.87. The zero-order chi connectivity index (χ0) is 21.8. The molecule has 10 heteroatoms. The summed E-state index contributed by atoms with van der Waals surface area (Å²) in [5.74, 6) is 0. The summed E-state index contributed by atoms with van der Waals surface area (Å²) in [6, 6.07) is 13.8. The summed E-state index contributed by atoms with van der Waals surface area (Å²) in [6.45, 7) is 2.40. The number of anilines is 1. The smallest absolute Gasteiger partial charge is 0.319 e. The first-order valence-corrected chi connectivity index (χ1v) is 11.5. The Balaban J connectivity index is 1.43. The van der Waals surface area contributed by atoms with Crippen molar-refractivity contribution in [2.75, 3.05) is 11.9 Å². The van der Waals surface area contributed by atoms with Crippen LogP contribution in [0.5, 0.6) is 0 Å². The van der Waals surface area contributed by atoms with Crippen LogP contribution < -0.4 is 16.2 Å². The number of urea groups is 1. The number of hydrogen-bond acceptors (Lipinski definition) is 6. The lowest BCUT2D eigenvalue weighted by molar-refractivity contribution is 0.251. The zero-order valence-electron chi connectivity index (χ0n) is 16.5. The largest absolute Gasteiger partial charge is 0.336 e. The number of aromatic nitrogens is 3. The van der Waals surface area contributed by atoms with E-state index in [1.54, 1.807) is 53.0 Å². The minimum Gasteiger partial charge on any atom is -0.336 e. The number of nitrogens with zero attached hydrogens (tertiary/aromatic N) is 3. The third-order valence-corrected chi connectivity index (χ3v) is 6.91. The molecule has 0 fully saturated rings. The predicted octanol–water partition coefficient (Wildman–Crippen LogP) is 4.88. The monoisotopic (exact) mass is 471 g/mol. The molecule has 0 bridgehead atoms. The SMILES string of the molecule is Cc1nc(-c2cccs2)sc1-c1ccc(=O)n(CCNC(=O)Nc2ccccc2Cl)n1. The van der Waals surface area contributed by atoms with Gasteiger partial charge in [-0.25, -0.2) is 14.5 Å². The van der Waals surface area contributed by atoms with Crippen LogP contribution >= 0.6 is 34.3 Å². The number of thiazole rings is 1. The Kier molecular flexibility index (Phi) is 6.45. The van der Waals surface area contributed by atoms with E-state index in [2.05, 4.69) is 20.7 Å². The lowest BCUT2D eigenvalue weighted by Crippen LogP contribution is -2.34. The number of benzene rings is 1. The molecule has 4 rings (SSSR count). The number of rotatable bonds is 6. The first-order valence-electron chi connectivity index (χ1n) is 9.40. The second kappa shape index (κ2) is 9.42. The molecular formula is C21H18ClN5O2S2. The second-order valence-corrected chi connectivity index (χ2v) is 8.91. The summed E-state index contributed by atoms with van der Waals surface area (Å²) in [4.78, 5) is 31.0. The van der Waals surface area contributed by atoms with Gasteiger partial charge in [-0.1, -0.05) is 29.8 Å². The quantitative estimate of drug-likeness (QED) is 0.419. The molecule has 1 aromatic carbocycles. The molecule has 4 aromatic rings. The van der Waals surface area contributed by atoms with E-state index in [0.717, 1.165) is 20.5 Å². The summed E-state index contributed by atoms with van der Waals surface area (Å²) in [7, 11) is 0. The number of carbonyl (C=O) groups is 1. The van der Waals surface area contributed by atoms with Gasteiger partial charge in [-0.3, -0.25) is 4.79 Å². The normalized spacial score (nSPS) is 10.8. The van der Waals surface area contributed by atoms with Crippen molar-refractivity contribution in [1.82, 2.24) is 20.1 Å². The summed E-state index contributed by atoms with van der Waals surface area (Å²) in [5.41, 5.74) is 1.82. The van der Waals surface area contributed by atoms with E-state index in [-0.39, 0.29) is 18.6 Å². The van der Waals surface area contributed by atoms with E-state index >= 15 is 0 Å². The highest BCUT2D eigenvalue weighted by atomic mass is 35.5. The number of amides is 2. The van der Waals surface area contributed by atoms with Crippen molar-refractivity contribution in [3.05, 3.63) is 75.0 Å². The Bertz CT molecular complexity index is 1270. The number of thiophene rings is 1. The van der Waals surface area contributed by atoms with E-state index < -0.39 is 6.03 Å². The molecule has 0 saturated heterocycles. The molecule has 2 amide bonds. The maximum Gasteiger partial charge on any atom is 0.319 e. The van der Waals surface area contributed by atoms with Crippen molar-refractivity contribution in [3.8, 4) is 20.5 Å². The van der Waals surface area contributed by atoms with Crippen molar-refractivity contribution in [1.29, 1.82) is 0 Å². The minimum atomic E-state index is -0.406. The molecule has 0 aliphatic carbocycles. The molecule has 31 heavy (non-hydrogen) atoms. The molecule has 0 aliphatic heterocycles. The third-order valence-electron chi connectivity index (χ3n) is 4.36. The van der Waals surface area contributed by atoms with Crippen LogP contribution in [-0.4, -0.2) is 27.3 Å². The molecule has 3 heterocycles. The van der Waals surface area contributed by atoms with Gasteiger partial charge in [-0.2, -0.15) is 5.10 Å². The summed E-state index contributed by atoms with van der Waals surface area (Å²) >= 11 is 9.22. The molecule has 7 nitrogen and oxygen atoms in total. The number of hydrogen-bond donors (Lipinski definition) is 2. The highest BCUT2D eigenvalue weighted by Crippen LogP contribution is 2.35. The number of aryl methyl sites for hydroxylation is 1. The van der Waals surface area contributed by atoms with Crippen molar-refractivity contribution >= 4 is 46.0 Å². The standard InChI is InChI=1S/C21H18ClN5O2S2/c1-13-19(31-20(24-13)17-7-4-12-30-17)16-8-9-18(28)27(26-16)11-10-23-21(29)25-15-6-3-2-5-14(15)22/h2-9,12H,10-11H2,1H3,(H2,23,25,29). The average Bonchev–Trinajstić information content (AvgIpc) is 3.41. The van der Waals surface area contributed by atoms with Gasteiger partial charge in [-0.05, 0) is 36.6 Å². The maximum absolute atomic E-state index is 12.2. The number of carbonyl (C=O) groups excluding carboxylic acids is 1. The van der Waals surface area contributed by atoms with Gasteiger partial charge in [0.1, 0.15) is 10.7 Å². The number of para-hydroxylation sites is 1. The molecule has 0 saturated carbocycles. The molecule has 158 valence electrons. The van der Waals surface area contributed by atoms with Crippen LogP contribution in [0.3, 0.4) is 0 Å². The van der Waals surface area contributed by atoms with E-state index in [9.17, 15) is 9.59 Å². The molecule has 0 spiro atoms. The molecule has 2 N–H and O–H groups in total. The maximum atomic E-state index is 12.2. The van der Waals surface area contributed by atoms with E-state index in [4.69, 9.17) is 11.6 Å². The Labute approximate surface area is 191 Å². The lowest BCUT2D eigenvalue weighted by Gasteiger charge is -2.10. The highest BCUT2D eigenvalue weighted by molar-refractivity contribution is 7.23. The van der Waals surface area contributed by atoms with Crippen molar-refractivity contribution in [2.24, 2.45) is 0 Å². The van der Waals surface area contributed by atoms with Crippen LogP contribution in [0.1, 0.15) is 5.69 Å². The van der Waals surface area contributed by atoms with Gasteiger partial charge in [0.2, 0.25) is 0 Å². The Hall–Kier alpha value is -3.01. The average molecular weight is 472 g/mol. The topological polar surface area (TPSA) is 88.9 Å².